The topological polar surface area (TPSA) is 53.4 Å². The molecule has 0 saturated heterocycles. The molecule has 20 heavy (non-hydrogen) atoms. The maximum absolute atomic E-state index is 10.8. The second kappa shape index (κ2) is 6.10. The molecule has 1 aromatic heterocycles. The lowest BCUT2D eigenvalue weighted by Gasteiger charge is -2.33. The Labute approximate surface area is 127 Å². The van der Waals surface area contributed by atoms with E-state index in [1.54, 1.807) is 43.5 Å². The van der Waals surface area contributed by atoms with Crippen LogP contribution >= 0.6 is 23.2 Å². The van der Waals surface area contributed by atoms with Gasteiger partial charge in [0, 0.05) is 33.9 Å². The number of aliphatic hydroxyl groups excluding tert-OH is 1. The predicted octanol–water partition coefficient (Wildman–Crippen LogP) is 3.37. The summed E-state index contributed by atoms with van der Waals surface area (Å²) in [5.41, 5.74) is -0.191. The highest BCUT2D eigenvalue weighted by Gasteiger charge is 2.37. The van der Waals surface area contributed by atoms with Crippen LogP contribution in [-0.2, 0) is 5.60 Å². The van der Waals surface area contributed by atoms with Crippen LogP contribution in [0.2, 0.25) is 10.0 Å². The highest BCUT2D eigenvalue weighted by Crippen LogP contribution is 2.39. The van der Waals surface area contributed by atoms with Crippen molar-refractivity contribution in [3.8, 4) is 0 Å². The summed E-state index contributed by atoms with van der Waals surface area (Å²) in [6.07, 6.45) is 3.15. The lowest BCUT2D eigenvalue weighted by atomic mass is 9.79. The molecule has 1 aromatic carbocycles. The van der Waals surface area contributed by atoms with E-state index in [9.17, 15) is 10.2 Å². The molecule has 2 unspecified atom stereocenters. The standard InChI is InChI=1S/C15H15Cl2NO2/c1-10(13-5-4-12(16)7-14(13)17)15(20,9-19)11-3-2-6-18-8-11/h2-8,10,19-20H,9H2,1H3. The third-order valence-electron chi connectivity index (χ3n) is 3.55. The molecule has 0 radical (unpaired) electrons. The molecular weight excluding hydrogens is 297 g/mol. The van der Waals surface area contributed by atoms with Gasteiger partial charge in [-0.1, -0.05) is 42.3 Å². The summed E-state index contributed by atoms with van der Waals surface area (Å²) in [6.45, 7) is 1.37. The first kappa shape index (κ1) is 15.3. The minimum absolute atomic E-state index is 0.415. The lowest BCUT2D eigenvalue weighted by molar-refractivity contribution is -0.0385. The van der Waals surface area contributed by atoms with Crippen LogP contribution in [0.3, 0.4) is 0 Å². The van der Waals surface area contributed by atoms with Gasteiger partial charge in [0.05, 0.1) is 6.61 Å². The molecule has 0 aliphatic carbocycles. The normalized spacial score (nSPS) is 15.7. The van der Waals surface area contributed by atoms with Crippen LogP contribution in [0.4, 0.5) is 0 Å². The number of nitrogens with zero attached hydrogens (tertiary/aromatic N) is 1. The van der Waals surface area contributed by atoms with Gasteiger partial charge in [-0.25, -0.2) is 0 Å². The van der Waals surface area contributed by atoms with Crippen LogP contribution in [0.1, 0.15) is 24.0 Å². The smallest absolute Gasteiger partial charge is 0.121 e. The van der Waals surface area contributed by atoms with Crippen molar-refractivity contribution >= 4 is 23.2 Å². The average Bonchev–Trinajstić information content (AvgIpc) is 2.46. The van der Waals surface area contributed by atoms with Gasteiger partial charge in [0.25, 0.3) is 0 Å². The quantitative estimate of drug-likeness (QED) is 0.910. The molecule has 3 nitrogen and oxygen atoms in total. The third-order valence-corrected chi connectivity index (χ3v) is 4.11. The Bertz CT molecular complexity index is 592. The third kappa shape index (κ3) is 2.81. The molecule has 0 aliphatic heterocycles. The predicted molar refractivity (Wildman–Crippen MR) is 80.1 cm³/mol. The fourth-order valence-electron chi connectivity index (χ4n) is 2.21. The fourth-order valence-corrected chi connectivity index (χ4v) is 2.78. The minimum Gasteiger partial charge on any atom is -0.393 e. The van der Waals surface area contributed by atoms with Gasteiger partial charge in [-0.3, -0.25) is 4.98 Å². The number of rotatable bonds is 4. The number of pyridine rings is 1. The molecule has 0 saturated carbocycles. The van der Waals surface area contributed by atoms with Gasteiger partial charge in [-0.15, -0.1) is 0 Å². The Kier molecular flexibility index (Phi) is 4.66. The van der Waals surface area contributed by atoms with Gasteiger partial charge >= 0.3 is 0 Å². The molecule has 0 aliphatic rings. The molecule has 2 aromatic rings. The van der Waals surface area contributed by atoms with Crippen LogP contribution in [0.25, 0.3) is 0 Å². The number of benzene rings is 1. The zero-order valence-electron chi connectivity index (χ0n) is 10.9. The summed E-state index contributed by atoms with van der Waals surface area (Å²) in [7, 11) is 0. The Morgan fingerprint density at radius 3 is 2.60 bits per heavy atom. The van der Waals surface area contributed by atoms with E-state index in [2.05, 4.69) is 4.98 Å². The maximum atomic E-state index is 10.8. The van der Waals surface area contributed by atoms with Crippen molar-refractivity contribution in [2.24, 2.45) is 0 Å². The van der Waals surface area contributed by atoms with Crippen molar-refractivity contribution in [1.82, 2.24) is 4.98 Å². The molecule has 2 N–H and O–H groups in total. The van der Waals surface area contributed by atoms with Crippen LogP contribution in [0.15, 0.2) is 42.7 Å². The number of hydrogen-bond donors (Lipinski definition) is 2. The summed E-state index contributed by atoms with van der Waals surface area (Å²) < 4.78 is 0. The molecule has 0 bridgehead atoms. The van der Waals surface area contributed by atoms with Crippen molar-refractivity contribution in [3.05, 3.63) is 63.9 Å². The molecule has 0 fully saturated rings. The van der Waals surface area contributed by atoms with E-state index in [4.69, 9.17) is 23.2 Å². The van der Waals surface area contributed by atoms with E-state index in [0.29, 0.717) is 15.6 Å². The van der Waals surface area contributed by atoms with Crippen LogP contribution in [0.5, 0.6) is 0 Å². The number of aliphatic hydroxyl groups is 2. The SMILES string of the molecule is CC(c1ccc(Cl)cc1Cl)C(O)(CO)c1cccnc1. The van der Waals surface area contributed by atoms with Crippen LogP contribution in [-0.4, -0.2) is 21.8 Å². The van der Waals surface area contributed by atoms with Gasteiger partial charge in [0.1, 0.15) is 5.60 Å². The van der Waals surface area contributed by atoms with Crippen molar-refractivity contribution in [3.63, 3.8) is 0 Å². The first-order valence-electron chi connectivity index (χ1n) is 6.17. The molecule has 2 rings (SSSR count). The molecule has 5 heteroatoms. The van der Waals surface area contributed by atoms with Gasteiger partial charge in [-0.2, -0.15) is 0 Å². The average molecular weight is 312 g/mol. The van der Waals surface area contributed by atoms with E-state index in [1.807, 2.05) is 0 Å². The summed E-state index contributed by atoms with van der Waals surface area (Å²) >= 11 is 12.1. The Balaban J connectivity index is 2.46. The largest absolute Gasteiger partial charge is 0.393 e. The van der Waals surface area contributed by atoms with E-state index >= 15 is 0 Å². The summed E-state index contributed by atoms with van der Waals surface area (Å²) in [5, 5.41) is 21.5. The zero-order chi connectivity index (χ0) is 14.8. The summed E-state index contributed by atoms with van der Waals surface area (Å²) in [6, 6.07) is 8.53. The monoisotopic (exact) mass is 311 g/mol. The van der Waals surface area contributed by atoms with Crippen molar-refractivity contribution in [2.45, 2.75) is 18.4 Å². The highest BCUT2D eigenvalue weighted by molar-refractivity contribution is 6.35. The number of halogens is 2. The van der Waals surface area contributed by atoms with Crippen molar-refractivity contribution in [1.29, 1.82) is 0 Å². The van der Waals surface area contributed by atoms with Crippen LogP contribution < -0.4 is 0 Å². The first-order chi connectivity index (χ1) is 9.49. The van der Waals surface area contributed by atoms with Gasteiger partial charge in [-0.05, 0) is 23.8 Å². The molecule has 106 valence electrons. The summed E-state index contributed by atoms with van der Waals surface area (Å²) in [5.74, 6) is -0.415. The number of hydrogen-bond acceptors (Lipinski definition) is 3. The zero-order valence-corrected chi connectivity index (χ0v) is 12.4. The van der Waals surface area contributed by atoms with Crippen molar-refractivity contribution in [2.75, 3.05) is 6.61 Å². The Morgan fingerprint density at radius 1 is 1.30 bits per heavy atom. The van der Waals surface area contributed by atoms with Crippen molar-refractivity contribution < 1.29 is 10.2 Å². The minimum atomic E-state index is -1.45. The summed E-state index contributed by atoms with van der Waals surface area (Å²) in [4.78, 5) is 3.99. The first-order valence-corrected chi connectivity index (χ1v) is 6.93. The molecule has 2 atom stereocenters. The maximum Gasteiger partial charge on any atom is 0.121 e. The van der Waals surface area contributed by atoms with Crippen LogP contribution in [0, 0.1) is 0 Å². The van der Waals surface area contributed by atoms with Gasteiger partial charge in [0.2, 0.25) is 0 Å². The van der Waals surface area contributed by atoms with E-state index in [1.165, 1.54) is 6.20 Å². The highest BCUT2D eigenvalue weighted by atomic mass is 35.5. The molecule has 1 heterocycles. The van der Waals surface area contributed by atoms with E-state index in [-0.39, 0.29) is 0 Å². The lowest BCUT2D eigenvalue weighted by Crippen LogP contribution is -2.36. The van der Waals surface area contributed by atoms with E-state index in [0.717, 1.165) is 5.56 Å². The number of aromatic nitrogens is 1. The molecule has 0 amide bonds. The Hall–Kier alpha value is -1.13. The second-order valence-corrected chi connectivity index (χ2v) is 5.56. The molecular formula is C15H15Cl2NO2. The molecule has 0 spiro atoms. The van der Waals surface area contributed by atoms with Gasteiger partial charge < -0.3 is 10.2 Å². The van der Waals surface area contributed by atoms with E-state index < -0.39 is 18.1 Å². The van der Waals surface area contributed by atoms with Gasteiger partial charge in [0.15, 0.2) is 0 Å². The second-order valence-electron chi connectivity index (χ2n) is 4.71. The Morgan fingerprint density at radius 2 is 2.05 bits per heavy atom. The fraction of sp³-hybridized carbons (Fsp3) is 0.267.